The highest BCUT2D eigenvalue weighted by molar-refractivity contribution is 6.04. The molecule has 1 atom stereocenters. The van der Waals surface area contributed by atoms with Gasteiger partial charge in [-0.25, -0.2) is 4.79 Å². The predicted octanol–water partition coefficient (Wildman–Crippen LogP) is 2.26. The molecule has 0 spiro atoms. The summed E-state index contributed by atoms with van der Waals surface area (Å²) in [4.78, 5) is 25.2. The van der Waals surface area contributed by atoms with Gasteiger partial charge in [-0.2, -0.15) is 0 Å². The van der Waals surface area contributed by atoms with E-state index in [0.29, 0.717) is 6.61 Å². The lowest BCUT2D eigenvalue weighted by Crippen LogP contribution is -2.36. The molecule has 1 aliphatic heterocycles. The van der Waals surface area contributed by atoms with Gasteiger partial charge in [-0.1, -0.05) is 32.0 Å². The molecule has 21 heavy (non-hydrogen) atoms. The summed E-state index contributed by atoms with van der Waals surface area (Å²) in [6.45, 7) is 8.35. The van der Waals surface area contributed by atoms with Gasteiger partial charge in [0, 0.05) is 0 Å². The van der Waals surface area contributed by atoms with Crippen LogP contribution in [-0.4, -0.2) is 36.0 Å². The molecule has 2 rings (SSSR count). The van der Waals surface area contributed by atoms with Crippen molar-refractivity contribution in [1.29, 1.82) is 0 Å². The number of hydrogen-bond donors (Lipinski definition) is 1. The fourth-order valence-corrected chi connectivity index (χ4v) is 2.47. The van der Waals surface area contributed by atoms with Gasteiger partial charge < -0.3 is 10.1 Å². The number of nitrogens with zero attached hydrogens (tertiary/aromatic N) is 1. The van der Waals surface area contributed by atoms with Crippen molar-refractivity contribution in [2.45, 2.75) is 33.7 Å². The van der Waals surface area contributed by atoms with E-state index >= 15 is 0 Å². The number of carbonyl (C=O) groups excluding carboxylic acids is 2. The average Bonchev–Trinajstić information content (AvgIpc) is 2.69. The molecule has 1 unspecified atom stereocenters. The Morgan fingerprint density at radius 3 is 2.38 bits per heavy atom. The summed E-state index contributed by atoms with van der Waals surface area (Å²) in [5, 5.41) is 2.71. The summed E-state index contributed by atoms with van der Waals surface area (Å²) >= 11 is 0. The van der Waals surface area contributed by atoms with Crippen molar-refractivity contribution in [3.63, 3.8) is 0 Å². The minimum Gasteiger partial charge on any atom is -0.491 e. The Bertz CT molecular complexity index is 534. The molecule has 0 saturated carbocycles. The van der Waals surface area contributed by atoms with Crippen LogP contribution in [-0.2, 0) is 4.79 Å². The van der Waals surface area contributed by atoms with Crippen LogP contribution in [0.15, 0.2) is 18.2 Å². The monoisotopic (exact) mass is 290 g/mol. The third-order valence-electron chi connectivity index (χ3n) is 3.69. The summed E-state index contributed by atoms with van der Waals surface area (Å²) in [6.07, 6.45) is 0. The van der Waals surface area contributed by atoms with Gasteiger partial charge in [-0.05, 0) is 30.9 Å². The summed E-state index contributed by atoms with van der Waals surface area (Å²) in [6, 6.07) is 5.18. The molecule has 0 radical (unpaired) electrons. The molecule has 3 amide bonds. The maximum atomic E-state index is 12.1. The van der Waals surface area contributed by atoms with E-state index < -0.39 is 6.04 Å². The van der Waals surface area contributed by atoms with E-state index in [-0.39, 0.29) is 24.4 Å². The van der Waals surface area contributed by atoms with Gasteiger partial charge in [0.15, 0.2) is 0 Å². The lowest BCUT2D eigenvalue weighted by Gasteiger charge is -2.16. The third kappa shape index (κ3) is 3.17. The van der Waals surface area contributed by atoms with Gasteiger partial charge in [-0.15, -0.1) is 0 Å². The molecule has 1 N–H and O–H groups in total. The minimum atomic E-state index is -0.419. The number of benzene rings is 1. The molecule has 0 bridgehead atoms. The van der Waals surface area contributed by atoms with Crippen LogP contribution in [0.3, 0.4) is 0 Å². The Morgan fingerprint density at radius 2 is 1.86 bits per heavy atom. The lowest BCUT2D eigenvalue weighted by atomic mass is 10.1. The van der Waals surface area contributed by atoms with E-state index in [1.807, 2.05) is 45.9 Å². The topological polar surface area (TPSA) is 58.6 Å². The van der Waals surface area contributed by atoms with E-state index in [0.717, 1.165) is 16.9 Å². The smallest absolute Gasteiger partial charge is 0.324 e. The molecule has 1 aromatic rings. The number of ether oxygens (including phenoxy) is 1. The van der Waals surface area contributed by atoms with Crippen LogP contribution in [0.5, 0.6) is 5.75 Å². The minimum absolute atomic E-state index is 0.0889. The summed E-state index contributed by atoms with van der Waals surface area (Å²) in [7, 11) is 0. The SMILES string of the molecule is Cc1cccc(C)c1OCCN1C(=O)NC(C(C)C)C1=O. The van der Waals surface area contributed by atoms with Crippen molar-refractivity contribution >= 4 is 11.9 Å². The van der Waals surface area contributed by atoms with Crippen molar-refractivity contribution in [2.24, 2.45) is 5.92 Å². The Hall–Kier alpha value is -2.04. The second-order valence-electron chi connectivity index (χ2n) is 5.73. The van der Waals surface area contributed by atoms with Gasteiger partial charge >= 0.3 is 6.03 Å². The third-order valence-corrected chi connectivity index (χ3v) is 3.69. The van der Waals surface area contributed by atoms with Gasteiger partial charge in [0.25, 0.3) is 5.91 Å². The number of nitrogens with one attached hydrogen (secondary N) is 1. The van der Waals surface area contributed by atoms with Crippen LogP contribution in [0, 0.1) is 19.8 Å². The van der Waals surface area contributed by atoms with E-state index in [2.05, 4.69) is 5.32 Å². The number of para-hydroxylation sites is 1. The van der Waals surface area contributed by atoms with E-state index in [1.165, 1.54) is 4.90 Å². The highest BCUT2D eigenvalue weighted by Gasteiger charge is 2.39. The fourth-order valence-electron chi connectivity index (χ4n) is 2.47. The van der Waals surface area contributed by atoms with Gasteiger partial charge in [-0.3, -0.25) is 9.69 Å². The number of amides is 3. The largest absolute Gasteiger partial charge is 0.491 e. The van der Waals surface area contributed by atoms with Gasteiger partial charge in [0.1, 0.15) is 18.4 Å². The first kappa shape index (κ1) is 15.4. The quantitative estimate of drug-likeness (QED) is 0.846. The van der Waals surface area contributed by atoms with Crippen LogP contribution in [0.2, 0.25) is 0 Å². The van der Waals surface area contributed by atoms with Crippen molar-refractivity contribution in [3.8, 4) is 5.75 Å². The predicted molar refractivity (Wildman–Crippen MR) is 80.3 cm³/mol. The Morgan fingerprint density at radius 1 is 1.24 bits per heavy atom. The van der Waals surface area contributed by atoms with Gasteiger partial charge in [0.05, 0.1) is 6.54 Å². The second-order valence-corrected chi connectivity index (χ2v) is 5.73. The van der Waals surface area contributed by atoms with E-state index in [9.17, 15) is 9.59 Å². The zero-order valence-electron chi connectivity index (χ0n) is 13.0. The van der Waals surface area contributed by atoms with Crippen LogP contribution in [0.25, 0.3) is 0 Å². The van der Waals surface area contributed by atoms with Gasteiger partial charge in [0.2, 0.25) is 0 Å². The number of carbonyl (C=O) groups is 2. The first-order chi connectivity index (χ1) is 9.91. The van der Waals surface area contributed by atoms with Crippen LogP contribution >= 0.6 is 0 Å². The van der Waals surface area contributed by atoms with Crippen LogP contribution in [0.1, 0.15) is 25.0 Å². The molecule has 5 nitrogen and oxygen atoms in total. The molecule has 1 heterocycles. The zero-order valence-corrected chi connectivity index (χ0v) is 13.0. The lowest BCUT2D eigenvalue weighted by molar-refractivity contribution is -0.128. The number of aryl methyl sites for hydroxylation is 2. The highest BCUT2D eigenvalue weighted by atomic mass is 16.5. The molecule has 5 heteroatoms. The first-order valence-electron chi connectivity index (χ1n) is 7.22. The molecule has 0 aromatic heterocycles. The van der Waals surface area contributed by atoms with Crippen molar-refractivity contribution in [1.82, 2.24) is 10.2 Å². The number of urea groups is 1. The van der Waals surface area contributed by atoms with E-state index in [4.69, 9.17) is 4.74 Å². The Kier molecular flexibility index (Phi) is 4.50. The maximum absolute atomic E-state index is 12.1. The second kappa shape index (κ2) is 6.16. The summed E-state index contributed by atoms with van der Waals surface area (Å²) in [5.41, 5.74) is 2.10. The van der Waals surface area contributed by atoms with Crippen LogP contribution in [0.4, 0.5) is 4.79 Å². The highest BCUT2D eigenvalue weighted by Crippen LogP contribution is 2.22. The molecule has 1 aromatic carbocycles. The molecule has 114 valence electrons. The number of imide groups is 1. The van der Waals surface area contributed by atoms with Crippen LogP contribution < -0.4 is 10.1 Å². The summed E-state index contributed by atoms with van der Waals surface area (Å²) < 4.78 is 5.75. The molecule has 1 fully saturated rings. The standard InChI is InChI=1S/C16H22N2O3/c1-10(2)13-15(19)18(16(20)17-13)8-9-21-14-11(3)6-5-7-12(14)4/h5-7,10,13H,8-9H2,1-4H3,(H,17,20). The molecule has 0 aliphatic carbocycles. The normalized spacial score (nSPS) is 18.3. The Balaban J connectivity index is 1.95. The average molecular weight is 290 g/mol. The van der Waals surface area contributed by atoms with Crippen molar-refractivity contribution in [2.75, 3.05) is 13.2 Å². The number of hydrogen-bond acceptors (Lipinski definition) is 3. The van der Waals surface area contributed by atoms with Crippen molar-refractivity contribution < 1.29 is 14.3 Å². The molecular formula is C16H22N2O3. The van der Waals surface area contributed by atoms with Crippen molar-refractivity contribution in [3.05, 3.63) is 29.3 Å². The fraction of sp³-hybridized carbons (Fsp3) is 0.500. The zero-order chi connectivity index (χ0) is 15.6. The Labute approximate surface area is 125 Å². The molecule has 1 aliphatic rings. The number of rotatable bonds is 5. The first-order valence-corrected chi connectivity index (χ1v) is 7.22. The van der Waals surface area contributed by atoms with E-state index in [1.54, 1.807) is 0 Å². The maximum Gasteiger partial charge on any atom is 0.324 e. The molecular weight excluding hydrogens is 268 g/mol. The summed E-state index contributed by atoms with van der Waals surface area (Å²) in [5.74, 6) is 0.746. The molecule has 1 saturated heterocycles.